The van der Waals surface area contributed by atoms with E-state index < -0.39 is 10.7 Å². The summed E-state index contributed by atoms with van der Waals surface area (Å²) in [7, 11) is 0. The first kappa shape index (κ1) is 13.0. The largest absolute Gasteiger partial charge is 0.376 e. The van der Waals surface area contributed by atoms with Gasteiger partial charge in [0.1, 0.15) is 5.82 Å². The number of nitro groups is 1. The predicted molar refractivity (Wildman–Crippen MR) is 71.5 cm³/mol. The van der Waals surface area contributed by atoms with Crippen LogP contribution in [0.25, 0.3) is 0 Å². The Kier molecular flexibility index (Phi) is 3.75. The molecule has 0 bridgehead atoms. The molecule has 1 unspecified atom stereocenters. The zero-order chi connectivity index (χ0) is 13.8. The van der Waals surface area contributed by atoms with Crippen LogP contribution >= 0.6 is 0 Å². The molecule has 2 rings (SSSR count). The molecule has 0 aliphatic carbocycles. The summed E-state index contributed by atoms with van der Waals surface area (Å²) in [5.74, 6) is -0.506. The molecule has 1 N–H and O–H groups in total. The Bertz CT molecular complexity index is 587. The Morgan fingerprint density at radius 2 is 1.89 bits per heavy atom. The van der Waals surface area contributed by atoms with Crippen molar-refractivity contribution in [1.82, 2.24) is 0 Å². The van der Waals surface area contributed by atoms with Gasteiger partial charge in [0.2, 0.25) is 0 Å². The molecule has 19 heavy (non-hydrogen) atoms. The number of hydrogen-bond acceptors (Lipinski definition) is 3. The van der Waals surface area contributed by atoms with Gasteiger partial charge in [-0.2, -0.15) is 0 Å². The minimum atomic E-state index is -0.544. The number of rotatable bonds is 4. The van der Waals surface area contributed by atoms with Crippen molar-refractivity contribution in [2.45, 2.75) is 13.0 Å². The van der Waals surface area contributed by atoms with Crippen molar-refractivity contribution < 1.29 is 9.31 Å². The lowest BCUT2D eigenvalue weighted by molar-refractivity contribution is -0.384. The second-order valence-corrected chi connectivity index (χ2v) is 4.20. The Morgan fingerprint density at radius 3 is 2.53 bits per heavy atom. The van der Waals surface area contributed by atoms with Crippen molar-refractivity contribution in [3.63, 3.8) is 0 Å². The summed E-state index contributed by atoms with van der Waals surface area (Å²) in [6.45, 7) is 1.87. The quantitative estimate of drug-likeness (QED) is 0.669. The standard InChI is InChI=1S/C14H13FN2O2/c1-10(11-5-3-2-4-6-11)16-14-9-12(17(18)19)7-8-13(14)15/h2-10,16H,1H3. The first-order valence-electron chi connectivity index (χ1n) is 5.83. The summed E-state index contributed by atoms with van der Waals surface area (Å²) in [5, 5.41) is 13.6. The Balaban J connectivity index is 2.23. The first-order valence-corrected chi connectivity index (χ1v) is 5.83. The van der Waals surface area contributed by atoms with Crippen LogP contribution in [0.2, 0.25) is 0 Å². The van der Waals surface area contributed by atoms with Gasteiger partial charge in [0.05, 0.1) is 10.6 Å². The number of nitrogens with zero attached hydrogens (tertiary/aromatic N) is 1. The highest BCUT2D eigenvalue weighted by Crippen LogP contribution is 2.25. The minimum absolute atomic E-state index is 0.130. The lowest BCUT2D eigenvalue weighted by atomic mass is 10.1. The molecule has 0 aliphatic rings. The van der Waals surface area contributed by atoms with Crippen LogP contribution in [0.3, 0.4) is 0 Å². The van der Waals surface area contributed by atoms with Crippen molar-refractivity contribution in [2.75, 3.05) is 5.32 Å². The number of nitro benzene ring substituents is 1. The van der Waals surface area contributed by atoms with E-state index in [0.29, 0.717) is 0 Å². The molecule has 98 valence electrons. The predicted octanol–water partition coefficient (Wildman–Crippen LogP) is 3.91. The van der Waals surface area contributed by atoms with Gasteiger partial charge in [-0.05, 0) is 18.6 Å². The van der Waals surface area contributed by atoms with Gasteiger partial charge in [0.25, 0.3) is 5.69 Å². The molecule has 0 amide bonds. The van der Waals surface area contributed by atoms with Crippen LogP contribution in [-0.4, -0.2) is 4.92 Å². The van der Waals surface area contributed by atoms with Crippen molar-refractivity contribution in [2.24, 2.45) is 0 Å². The molecule has 0 saturated carbocycles. The van der Waals surface area contributed by atoms with Crippen molar-refractivity contribution >= 4 is 11.4 Å². The van der Waals surface area contributed by atoms with E-state index in [1.807, 2.05) is 37.3 Å². The van der Waals surface area contributed by atoms with Crippen LogP contribution in [-0.2, 0) is 0 Å². The van der Waals surface area contributed by atoms with E-state index in [2.05, 4.69) is 5.32 Å². The van der Waals surface area contributed by atoms with E-state index in [1.54, 1.807) is 0 Å². The monoisotopic (exact) mass is 260 g/mol. The molecule has 0 aromatic heterocycles. The Morgan fingerprint density at radius 1 is 1.21 bits per heavy atom. The van der Waals surface area contributed by atoms with Gasteiger partial charge in [-0.1, -0.05) is 30.3 Å². The highest BCUT2D eigenvalue weighted by atomic mass is 19.1. The normalized spacial score (nSPS) is 11.9. The number of hydrogen-bond donors (Lipinski definition) is 1. The maximum absolute atomic E-state index is 13.6. The number of halogens is 1. The van der Waals surface area contributed by atoms with Gasteiger partial charge in [-0.15, -0.1) is 0 Å². The lowest BCUT2D eigenvalue weighted by Crippen LogP contribution is -2.08. The highest BCUT2D eigenvalue weighted by Gasteiger charge is 2.13. The Hall–Kier alpha value is -2.43. The van der Waals surface area contributed by atoms with Crippen molar-refractivity contribution in [3.05, 3.63) is 70.0 Å². The summed E-state index contributed by atoms with van der Waals surface area (Å²) < 4.78 is 13.6. The van der Waals surface area contributed by atoms with Crippen LogP contribution in [0.5, 0.6) is 0 Å². The maximum Gasteiger partial charge on any atom is 0.271 e. The van der Waals surface area contributed by atoms with Gasteiger partial charge in [-0.25, -0.2) is 4.39 Å². The fourth-order valence-electron chi connectivity index (χ4n) is 1.80. The molecular weight excluding hydrogens is 247 g/mol. The van der Waals surface area contributed by atoms with E-state index in [-0.39, 0.29) is 17.4 Å². The van der Waals surface area contributed by atoms with Gasteiger partial charge in [-0.3, -0.25) is 10.1 Å². The van der Waals surface area contributed by atoms with Crippen LogP contribution in [0.15, 0.2) is 48.5 Å². The summed E-state index contributed by atoms with van der Waals surface area (Å²) in [5.41, 5.74) is 0.975. The third-order valence-electron chi connectivity index (χ3n) is 2.83. The summed E-state index contributed by atoms with van der Waals surface area (Å²) >= 11 is 0. The molecule has 2 aromatic rings. The summed E-state index contributed by atoms with van der Waals surface area (Å²) in [6.07, 6.45) is 0. The van der Waals surface area contributed by atoms with Gasteiger partial charge in [0, 0.05) is 18.2 Å². The highest BCUT2D eigenvalue weighted by molar-refractivity contribution is 5.53. The molecule has 0 heterocycles. The van der Waals surface area contributed by atoms with Gasteiger partial charge in [0.15, 0.2) is 0 Å². The average Bonchev–Trinajstić information content (AvgIpc) is 2.42. The summed E-state index contributed by atoms with van der Waals surface area (Å²) in [4.78, 5) is 10.1. The second-order valence-electron chi connectivity index (χ2n) is 4.20. The molecule has 4 nitrogen and oxygen atoms in total. The fraction of sp³-hybridized carbons (Fsp3) is 0.143. The average molecular weight is 260 g/mol. The maximum atomic E-state index is 13.6. The number of non-ortho nitro benzene ring substituents is 1. The SMILES string of the molecule is CC(Nc1cc([N+](=O)[O-])ccc1F)c1ccccc1. The van der Waals surface area contributed by atoms with E-state index in [9.17, 15) is 14.5 Å². The van der Waals surface area contributed by atoms with E-state index in [0.717, 1.165) is 17.7 Å². The van der Waals surface area contributed by atoms with Crippen LogP contribution < -0.4 is 5.32 Å². The molecule has 0 saturated heterocycles. The van der Waals surface area contributed by atoms with E-state index >= 15 is 0 Å². The fourth-order valence-corrected chi connectivity index (χ4v) is 1.80. The van der Waals surface area contributed by atoms with Gasteiger partial charge < -0.3 is 5.32 Å². The zero-order valence-electron chi connectivity index (χ0n) is 10.3. The lowest BCUT2D eigenvalue weighted by Gasteiger charge is -2.16. The third-order valence-corrected chi connectivity index (χ3v) is 2.83. The minimum Gasteiger partial charge on any atom is -0.376 e. The molecule has 5 heteroatoms. The molecule has 0 spiro atoms. The van der Waals surface area contributed by atoms with E-state index in [4.69, 9.17) is 0 Å². The van der Waals surface area contributed by atoms with Crippen molar-refractivity contribution in [3.8, 4) is 0 Å². The molecule has 2 aromatic carbocycles. The van der Waals surface area contributed by atoms with Gasteiger partial charge >= 0.3 is 0 Å². The third kappa shape index (κ3) is 3.07. The molecule has 0 fully saturated rings. The van der Waals surface area contributed by atoms with Crippen molar-refractivity contribution in [1.29, 1.82) is 0 Å². The number of anilines is 1. The molecule has 0 radical (unpaired) electrons. The molecule has 0 aliphatic heterocycles. The first-order chi connectivity index (χ1) is 9.08. The Labute approximate surface area is 110 Å². The topological polar surface area (TPSA) is 55.2 Å². The number of benzene rings is 2. The molecule has 1 atom stereocenters. The van der Waals surface area contributed by atoms with Crippen LogP contribution in [0.1, 0.15) is 18.5 Å². The number of nitrogens with one attached hydrogen (secondary N) is 1. The summed E-state index contributed by atoms with van der Waals surface area (Å²) in [6, 6.07) is 12.8. The smallest absolute Gasteiger partial charge is 0.271 e. The van der Waals surface area contributed by atoms with Crippen LogP contribution in [0.4, 0.5) is 15.8 Å². The zero-order valence-corrected chi connectivity index (χ0v) is 10.3. The molecular formula is C14H13FN2O2. The second kappa shape index (κ2) is 5.48. The van der Waals surface area contributed by atoms with E-state index in [1.165, 1.54) is 6.07 Å². The van der Waals surface area contributed by atoms with Crippen LogP contribution in [0, 0.1) is 15.9 Å².